The highest BCUT2D eigenvalue weighted by molar-refractivity contribution is 5.78. The van der Waals surface area contributed by atoms with E-state index < -0.39 is 17.7 Å². The van der Waals surface area contributed by atoms with Crippen LogP contribution in [-0.2, 0) is 25.6 Å². The van der Waals surface area contributed by atoms with Gasteiger partial charge in [-0.15, -0.1) is 13.2 Å². The lowest BCUT2D eigenvalue weighted by atomic mass is 9.92. The molecule has 10 nitrogen and oxygen atoms in total. The van der Waals surface area contributed by atoms with Gasteiger partial charge in [0.25, 0.3) is 0 Å². The second-order valence-corrected chi connectivity index (χ2v) is 13.8. The Kier molecular flexibility index (Phi) is 11.5. The van der Waals surface area contributed by atoms with Crippen LogP contribution in [0.15, 0.2) is 49.6 Å². The third-order valence-corrected chi connectivity index (χ3v) is 8.40. The lowest BCUT2D eigenvalue weighted by Crippen LogP contribution is -2.45. The number of hydrogen-bond acceptors (Lipinski definition) is 8. The van der Waals surface area contributed by atoms with Crippen molar-refractivity contribution in [1.82, 2.24) is 14.6 Å². The largest absolute Gasteiger partial charge is 0.490 e. The summed E-state index contributed by atoms with van der Waals surface area (Å²) in [6.07, 6.45) is 4.33. The van der Waals surface area contributed by atoms with Crippen molar-refractivity contribution in [2.45, 2.75) is 111 Å². The van der Waals surface area contributed by atoms with Crippen LogP contribution in [0.25, 0.3) is 5.65 Å². The van der Waals surface area contributed by atoms with Gasteiger partial charge >= 0.3 is 5.97 Å². The van der Waals surface area contributed by atoms with Crippen molar-refractivity contribution in [1.29, 1.82) is 0 Å². The summed E-state index contributed by atoms with van der Waals surface area (Å²) in [5.74, 6) is 0.378. The van der Waals surface area contributed by atoms with Crippen LogP contribution in [0, 0.1) is 13.8 Å². The molecule has 3 atom stereocenters. The summed E-state index contributed by atoms with van der Waals surface area (Å²) in [7, 11) is 0. The first kappa shape index (κ1) is 36.1. The average molecular weight is 649 g/mol. The number of anilines is 1. The normalized spacial score (nSPS) is 16.9. The number of piperidine rings is 1. The number of aromatic nitrogens is 3. The number of benzene rings is 1. The Morgan fingerprint density at radius 2 is 1.83 bits per heavy atom. The summed E-state index contributed by atoms with van der Waals surface area (Å²) in [5, 5.41) is 15.3. The molecule has 0 saturated carbocycles. The number of carboxylic acids is 1. The van der Waals surface area contributed by atoms with Gasteiger partial charge in [0, 0.05) is 36.8 Å². The smallest absolute Gasteiger partial charge is 0.337 e. The molecular formula is C37H52N4O6. The number of nitrogens with zero attached hydrogens (tertiary/aromatic N) is 4. The van der Waals surface area contributed by atoms with E-state index in [1.165, 1.54) is 0 Å². The van der Waals surface area contributed by atoms with E-state index >= 15 is 0 Å². The van der Waals surface area contributed by atoms with Gasteiger partial charge in [-0.3, -0.25) is 0 Å². The van der Waals surface area contributed by atoms with E-state index in [0.717, 1.165) is 36.1 Å². The fourth-order valence-electron chi connectivity index (χ4n) is 5.91. The molecule has 10 heteroatoms. The summed E-state index contributed by atoms with van der Waals surface area (Å²) < 4.78 is 26.6. The zero-order chi connectivity index (χ0) is 34.5. The molecule has 1 saturated heterocycles. The first-order valence-electron chi connectivity index (χ1n) is 16.4. The van der Waals surface area contributed by atoms with Gasteiger partial charge in [0.15, 0.2) is 11.8 Å². The van der Waals surface area contributed by atoms with Gasteiger partial charge in [-0.1, -0.05) is 24.3 Å². The SMILES string of the molecule is C=CCOC1(C)CCN(c2c(C(OC(C)(C)C)C(=O)O)c(C)nc3cc(COC(C)c4ccc(C)cc4OC(C)CC=C)nn23)CC1. The number of aliphatic carboxylic acids is 1. The third kappa shape index (κ3) is 9.00. The van der Waals surface area contributed by atoms with E-state index in [0.29, 0.717) is 48.1 Å². The Labute approximate surface area is 279 Å². The quantitative estimate of drug-likeness (QED) is 0.168. The molecule has 0 amide bonds. The first-order valence-corrected chi connectivity index (χ1v) is 16.4. The predicted molar refractivity (Wildman–Crippen MR) is 184 cm³/mol. The Morgan fingerprint density at radius 3 is 2.45 bits per heavy atom. The van der Waals surface area contributed by atoms with Gasteiger partial charge in [-0.05, 0) is 79.9 Å². The van der Waals surface area contributed by atoms with Gasteiger partial charge in [0.1, 0.15) is 11.6 Å². The molecule has 2 aromatic heterocycles. The summed E-state index contributed by atoms with van der Waals surface area (Å²) in [4.78, 5) is 19.7. The Hall–Kier alpha value is -3.73. The van der Waals surface area contributed by atoms with Gasteiger partial charge in [0.2, 0.25) is 0 Å². The maximum Gasteiger partial charge on any atom is 0.337 e. The molecule has 1 aliphatic rings. The molecule has 3 unspecified atom stereocenters. The van der Waals surface area contributed by atoms with Crippen molar-refractivity contribution < 1.29 is 28.8 Å². The second-order valence-electron chi connectivity index (χ2n) is 13.8. The van der Waals surface area contributed by atoms with Crippen molar-refractivity contribution in [3.8, 4) is 5.75 Å². The van der Waals surface area contributed by atoms with Crippen LogP contribution < -0.4 is 9.64 Å². The van der Waals surface area contributed by atoms with Gasteiger partial charge in [0.05, 0.1) is 47.9 Å². The zero-order valence-electron chi connectivity index (χ0n) is 29.3. The van der Waals surface area contributed by atoms with Gasteiger partial charge in [-0.2, -0.15) is 9.61 Å². The molecule has 0 bridgehead atoms. The average Bonchev–Trinajstić information content (AvgIpc) is 3.39. The highest BCUT2D eigenvalue weighted by Gasteiger charge is 2.37. The number of hydrogen-bond donors (Lipinski definition) is 1. The number of ether oxygens (including phenoxy) is 4. The van der Waals surface area contributed by atoms with E-state index in [1.807, 2.05) is 72.7 Å². The Bertz CT molecular complexity index is 1570. The van der Waals surface area contributed by atoms with Crippen molar-refractivity contribution in [2.75, 3.05) is 24.6 Å². The van der Waals surface area contributed by atoms with Crippen LogP contribution in [0.1, 0.15) is 101 Å². The molecule has 1 aromatic carbocycles. The summed E-state index contributed by atoms with van der Waals surface area (Å²) >= 11 is 0. The molecule has 1 aliphatic heterocycles. The standard InChI is InChI=1S/C37H52N4O6/c1-11-13-25(4)46-30-21-24(3)14-15-29(30)27(6)44-23-28-22-31-38-26(5)32(33(35(42)43)47-36(7,8)9)34(41(31)39-28)40-18-16-37(10,17-19-40)45-20-12-2/h11-12,14-15,21-22,25,27,33H,1-2,13,16-20,23H2,3-10H3,(H,42,43). The fraction of sp³-hybridized carbons (Fsp3) is 0.541. The van der Waals surface area contributed by atoms with Gasteiger partial charge in [-0.25, -0.2) is 9.78 Å². The molecule has 0 radical (unpaired) electrons. The Morgan fingerprint density at radius 1 is 1.13 bits per heavy atom. The van der Waals surface area contributed by atoms with Crippen molar-refractivity contribution in [3.63, 3.8) is 0 Å². The number of carbonyl (C=O) groups is 1. The Balaban J connectivity index is 1.70. The molecule has 1 fully saturated rings. The van der Waals surface area contributed by atoms with E-state index in [-0.39, 0.29) is 24.4 Å². The molecule has 0 aliphatic carbocycles. The van der Waals surface area contributed by atoms with E-state index in [1.54, 1.807) is 10.6 Å². The van der Waals surface area contributed by atoms with Crippen molar-refractivity contribution in [2.24, 2.45) is 0 Å². The molecular weight excluding hydrogens is 596 g/mol. The van der Waals surface area contributed by atoms with Crippen molar-refractivity contribution in [3.05, 3.63) is 77.7 Å². The minimum atomic E-state index is -1.24. The van der Waals surface area contributed by atoms with E-state index in [2.05, 4.69) is 31.0 Å². The van der Waals surface area contributed by atoms with Crippen LogP contribution in [0.3, 0.4) is 0 Å². The minimum absolute atomic E-state index is 0.0151. The maximum atomic E-state index is 12.7. The fourth-order valence-corrected chi connectivity index (χ4v) is 5.91. The van der Waals surface area contributed by atoms with Crippen LogP contribution in [0.5, 0.6) is 5.75 Å². The number of rotatable bonds is 15. The molecule has 3 heterocycles. The minimum Gasteiger partial charge on any atom is -0.490 e. The van der Waals surface area contributed by atoms with Gasteiger partial charge < -0.3 is 29.0 Å². The van der Waals surface area contributed by atoms with Crippen LogP contribution >= 0.6 is 0 Å². The second kappa shape index (κ2) is 15.0. The van der Waals surface area contributed by atoms with E-state index in [9.17, 15) is 9.90 Å². The molecule has 1 N–H and O–H groups in total. The molecule has 256 valence electrons. The van der Waals surface area contributed by atoms with Crippen LogP contribution in [-0.4, -0.2) is 62.7 Å². The number of aryl methyl sites for hydroxylation is 2. The first-order chi connectivity index (χ1) is 22.1. The monoisotopic (exact) mass is 648 g/mol. The maximum absolute atomic E-state index is 12.7. The van der Waals surface area contributed by atoms with Crippen LogP contribution in [0.4, 0.5) is 5.82 Å². The topological polar surface area (TPSA) is 108 Å². The van der Waals surface area contributed by atoms with E-state index in [4.69, 9.17) is 29.0 Å². The van der Waals surface area contributed by atoms with Crippen LogP contribution in [0.2, 0.25) is 0 Å². The van der Waals surface area contributed by atoms with Crippen molar-refractivity contribution >= 4 is 17.4 Å². The number of carboxylic acid groups (broad SMARTS) is 1. The highest BCUT2D eigenvalue weighted by Crippen LogP contribution is 2.38. The lowest BCUT2D eigenvalue weighted by Gasteiger charge is -2.41. The number of fused-ring (bicyclic) bond motifs is 1. The zero-order valence-corrected chi connectivity index (χ0v) is 29.3. The molecule has 3 aromatic rings. The third-order valence-electron chi connectivity index (χ3n) is 8.40. The lowest BCUT2D eigenvalue weighted by molar-refractivity contribution is -0.160. The summed E-state index contributed by atoms with van der Waals surface area (Å²) in [6.45, 7) is 25.2. The molecule has 4 rings (SSSR count). The molecule has 0 spiro atoms. The summed E-state index contributed by atoms with van der Waals surface area (Å²) in [6, 6.07) is 8.02. The summed E-state index contributed by atoms with van der Waals surface area (Å²) in [5.41, 5.74) is 3.41. The predicted octanol–water partition coefficient (Wildman–Crippen LogP) is 7.47. The highest BCUT2D eigenvalue weighted by atomic mass is 16.5. The molecule has 47 heavy (non-hydrogen) atoms.